The highest BCUT2D eigenvalue weighted by molar-refractivity contribution is 7.99. The molecule has 4 rings (SSSR count). The molecule has 0 saturated carbocycles. The first kappa shape index (κ1) is 29.7. The van der Waals surface area contributed by atoms with Gasteiger partial charge in [-0.3, -0.25) is 19.8 Å². The number of para-hydroxylation sites is 1. The van der Waals surface area contributed by atoms with Crippen LogP contribution in [0.3, 0.4) is 0 Å². The first-order chi connectivity index (χ1) is 18.4. The van der Waals surface area contributed by atoms with Crippen molar-refractivity contribution in [3.63, 3.8) is 0 Å². The molecular weight excluding hydrogens is 539 g/mol. The van der Waals surface area contributed by atoms with Crippen molar-refractivity contribution in [3.05, 3.63) is 71.4 Å². The summed E-state index contributed by atoms with van der Waals surface area (Å²) in [5.74, 6) is -1.36. The molecule has 2 amide bonds. The summed E-state index contributed by atoms with van der Waals surface area (Å²) in [6, 6.07) is 16.9. The molecule has 4 N–H and O–H groups in total. The molecule has 0 spiro atoms. The summed E-state index contributed by atoms with van der Waals surface area (Å²) in [4.78, 5) is 37.9. The number of aryl methyl sites for hydroxylation is 1. The van der Waals surface area contributed by atoms with Gasteiger partial charge in [0.25, 0.3) is 5.91 Å². The number of nitrogens with one attached hydrogen (secondary N) is 2. The van der Waals surface area contributed by atoms with Crippen LogP contribution in [0.2, 0.25) is 0 Å². The zero-order valence-electron chi connectivity index (χ0n) is 20.7. The Bertz CT molecular complexity index is 1330. The number of carboxylic acids is 1. The van der Waals surface area contributed by atoms with E-state index in [0.717, 1.165) is 27.9 Å². The van der Waals surface area contributed by atoms with Gasteiger partial charge in [0.2, 0.25) is 5.91 Å². The van der Waals surface area contributed by atoms with Crippen molar-refractivity contribution in [2.24, 2.45) is 0 Å². The number of carbonyl (C=O) groups is 3. The van der Waals surface area contributed by atoms with Crippen molar-refractivity contribution < 1.29 is 42.6 Å². The van der Waals surface area contributed by atoms with Crippen LogP contribution >= 0.6 is 11.8 Å². The molecule has 1 aliphatic heterocycles. The van der Waals surface area contributed by atoms with Crippen LogP contribution in [0.15, 0.2) is 54.6 Å². The van der Waals surface area contributed by atoms with Crippen LogP contribution in [0.5, 0.6) is 5.75 Å². The molecule has 39 heavy (non-hydrogen) atoms. The maximum Gasteiger partial charge on any atom is 0.490 e. The van der Waals surface area contributed by atoms with E-state index in [1.54, 1.807) is 41.5 Å². The minimum atomic E-state index is -5.08. The number of amides is 2. The Labute approximate surface area is 225 Å². The van der Waals surface area contributed by atoms with Gasteiger partial charge in [0.05, 0.1) is 17.5 Å². The number of thioether (sulfide) groups is 1. The van der Waals surface area contributed by atoms with E-state index >= 15 is 0 Å². The second-order valence-electron chi connectivity index (χ2n) is 8.80. The maximum absolute atomic E-state index is 12.8. The van der Waals surface area contributed by atoms with Crippen LogP contribution in [0.25, 0.3) is 10.9 Å². The third-order valence-corrected chi connectivity index (χ3v) is 7.04. The average Bonchev–Trinajstić information content (AvgIpc) is 3.34. The zero-order valence-corrected chi connectivity index (χ0v) is 21.6. The molecule has 1 aromatic heterocycles. The molecule has 0 bridgehead atoms. The number of pyridine rings is 1. The van der Waals surface area contributed by atoms with E-state index in [1.165, 1.54) is 0 Å². The number of carbonyl (C=O) groups excluding carboxylic acids is 2. The predicted octanol–water partition coefficient (Wildman–Crippen LogP) is 4.26. The van der Waals surface area contributed by atoms with Gasteiger partial charge >= 0.3 is 12.1 Å². The van der Waals surface area contributed by atoms with E-state index in [1.807, 2.05) is 37.3 Å². The van der Waals surface area contributed by atoms with E-state index in [-0.39, 0.29) is 12.3 Å². The Morgan fingerprint density at radius 2 is 1.79 bits per heavy atom. The van der Waals surface area contributed by atoms with Gasteiger partial charge in [0.15, 0.2) is 0 Å². The number of hydroxylamine groups is 1. The van der Waals surface area contributed by atoms with Crippen LogP contribution in [-0.2, 0) is 16.2 Å². The van der Waals surface area contributed by atoms with Crippen molar-refractivity contribution in [3.8, 4) is 5.75 Å². The monoisotopic (exact) mass is 565 g/mol. The molecule has 0 radical (unpaired) electrons. The number of carboxylic acid groups (broad SMARTS) is 1. The fourth-order valence-electron chi connectivity index (χ4n) is 3.93. The largest absolute Gasteiger partial charge is 0.490 e. The number of hydrogen-bond acceptors (Lipinski definition) is 7. The highest BCUT2D eigenvalue weighted by atomic mass is 32.2. The zero-order chi connectivity index (χ0) is 28.6. The molecule has 2 aromatic carbocycles. The lowest BCUT2D eigenvalue weighted by Gasteiger charge is -2.28. The van der Waals surface area contributed by atoms with Crippen molar-refractivity contribution in [2.75, 3.05) is 11.5 Å². The first-order valence-electron chi connectivity index (χ1n) is 11.6. The second-order valence-corrected chi connectivity index (χ2v) is 9.91. The third kappa shape index (κ3) is 8.32. The molecule has 208 valence electrons. The quantitative estimate of drug-likeness (QED) is 0.246. The molecule has 1 atom stereocenters. The van der Waals surface area contributed by atoms with E-state index in [4.69, 9.17) is 19.8 Å². The molecule has 2 heterocycles. The van der Waals surface area contributed by atoms with Gasteiger partial charge in [-0.15, -0.1) is 0 Å². The summed E-state index contributed by atoms with van der Waals surface area (Å²) in [5.41, 5.74) is 4.42. The highest BCUT2D eigenvalue weighted by Gasteiger charge is 2.39. The summed E-state index contributed by atoms with van der Waals surface area (Å²) in [6.07, 6.45) is -4.36. The first-order valence-corrected chi connectivity index (χ1v) is 12.8. The smallest absolute Gasteiger partial charge is 0.489 e. The SMILES string of the molecule is Cc1cc(COc2ccc(C(=O)NC3(CC(=O)NO)CCSC3)cc2)c2ccccc2n1.O=C(O)C(F)(F)F. The number of hydrogen-bond donors (Lipinski definition) is 4. The van der Waals surface area contributed by atoms with E-state index < -0.39 is 23.6 Å². The molecule has 1 saturated heterocycles. The van der Waals surface area contributed by atoms with Gasteiger partial charge in [0.1, 0.15) is 12.4 Å². The van der Waals surface area contributed by atoms with Crippen molar-refractivity contribution in [1.29, 1.82) is 0 Å². The number of benzene rings is 2. The van der Waals surface area contributed by atoms with E-state index in [2.05, 4.69) is 10.3 Å². The fourth-order valence-corrected chi connectivity index (χ4v) is 5.32. The summed E-state index contributed by atoms with van der Waals surface area (Å²) in [5, 5.41) is 20.0. The minimum Gasteiger partial charge on any atom is -0.489 e. The summed E-state index contributed by atoms with van der Waals surface area (Å²) >= 11 is 1.68. The number of halogens is 3. The highest BCUT2D eigenvalue weighted by Crippen LogP contribution is 2.31. The average molecular weight is 566 g/mol. The van der Waals surface area contributed by atoms with Crippen LogP contribution in [0.4, 0.5) is 13.2 Å². The molecule has 9 nitrogen and oxygen atoms in total. The lowest BCUT2D eigenvalue weighted by molar-refractivity contribution is -0.192. The Kier molecular flexibility index (Phi) is 9.76. The Morgan fingerprint density at radius 1 is 1.13 bits per heavy atom. The van der Waals surface area contributed by atoms with Crippen LogP contribution in [-0.4, -0.2) is 56.3 Å². The normalized spacial score (nSPS) is 16.6. The fraction of sp³-hybridized carbons (Fsp3) is 0.308. The van der Waals surface area contributed by atoms with Crippen molar-refractivity contribution in [2.45, 2.75) is 38.1 Å². The number of nitrogens with zero attached hydrogens (tertiary/aromatic N) is 1. The Hall–Kier alpha value is -3.84. The third-order valence-electron chi connectivity index (χ3n) is 5.79. The number of rotatable bonds is 7. The van der Waals surface area contributed by atoms with Crippen molar-refractivity contribution >= 4 is 40.4 Å². The number of alkyl halides is 3. The number of aromatic nitrogens is 1. The van der Waals surface area contributed by atoms with E-state index in [9.17, 15) is 22.8 Å². The molecule has 13 heteroatoms. The van der Waals surface area contributed by atoms with Gasteiger partial charge in [-0.2, -0.15) is 24.9 Å². The summed E-state index contributed by atoms with van der Waals surface area (Å²) < 4.78 is 37.7. The lowest BCUT2D eigenvalue weighted by atomic mass is 9.93. The number of fused-ring (bicyclic) bond motifs is 1. The van der Waals surface area contributed by atoms with Crippen LogP contribution in [0.1, 0.15) is 34.5 Å². The van der Waals surface area contributed by atoms with Gasteiger partial charge in [-0.05, 0) is 55.5 Å². The number of aliphatic carboxylic acids is 1. The van der Waals surface area contributed by atoms with Gasteiger partial charge in [-0.1, -0.05) is 18.2 Å². The molecule has 3 aromatic rings. The van der Waals surface area contributed by atoms with Gasteiger partial charge in [0, 0.05) is 28.0 Å². The standard InChI is InChI=1S/C24H25N3O4S.C2HF3O2/c1-16-12-18(20-4-2-3-5-21(20)25-16)14-31-19-8-6-17(7-9-19)23(29)26-24(10-11-32-15-24)13-22(28)27-30;3-2(4,5)1(6)7/h2-9,12,30H,10-11,13-15H2,1H3,(H,26,29)(H,27,28);(H,6,7). The summed E-state index contributed by atoms with van der Waals surface area (Å²) in [7, 11) is 0. The van der Waals surface area contributed by atoms with Crippen LogP contribution < -0.4 is 15.5 Å². The number of ether oxygens (including phenoxy) is 1. The van der Waals surface area contributed by atoms with Crippen molar-refractivity contribution in [1.82, 2.24) is 15.8 Å². The summed E-state index contributed by atoms with van der Waals surface area (Å²) in [6.45, 7) is 2.36. The Balaban J connectivity index is 0.000000532. The Morgan fingerprint density at radius 3 is 2.38 bits per heavy atom. The molecule has 1 aliphatic rings. The van der Waals surface area contributed by atoms with E-state index in [0.29, 0.717) is 30.1 Å². The predicted molar refractivity (Wildman–Crippen MR) is 138 cm³/mol. The maximum atomic E-state index is 12.8. The minimum absolute atomic E-state index is 0.0444. The molecule has 1 fully saturated rings. The van der Waals surface area contributed by atoms with Gasteiger partial charge < -0.3 is 15.2 Å². The molecular formula is C26H26F3N3O6S. The second kappa shape index (κ2) is 12.8. The topological polar surface area (TPSA) is 138 Å². The molecule has 0 aliphatic carbocycles. The lowest BCUT2D eigenvalue weighted by Crippen LogP contribution is -2.51. The molecule has 1 unspecified atom stereocenters. The van der Waals surface area contributed by atoms with Gasteiger partial charge in [-0.25, -0.2) is 10.3 Å². The van der Waals surface area contributed by atoms with Crippen LogP contribution in [0, 0.1) is 6.92 Å².